The second-order valence-electron chi connectivity index (χ2n) is 6.05. The van der Waals surface area contributed by atoms with Crippen LogP contribution in [0.1, 0.15) is 57.4 Å². The predicted molar refractivity (Wildman–Crippen MR) is 87.1 cm³/mol. The highest BCUT2D eigenvalue weighted by Crippen LogP contribution is 2.34. The number of para-hydroxylation sites is 1. The molecule has 1 atom stereocenters. The van der Waals surface area contributed by atoms with Crippen molar-refractivity contribution in [3.63, 3.8) is 0 Å². The molecule has 1 fully saturated rings. The molecule has 21 heavy (non-hydrogen) atoms. The minimum atomic E-state index is 0.175. The van der Waals surface area contributed by atoms with Gasteiger partial charge >= 0.3 is 0 Å². The first-order valence-corrected chi connectivity index (χ1v) is 8.32. The van der Waals surface area contributed by atoms with Crippen LogP contribution in [0.4, 0.5) is 0 Å². The molecule has 1 aliphatic carbocycles. The number of ether oxygens (including phenoxy) is 2. The number of nitrogens with two attached hydrogens (primary N) is 1. The van der Waals surface area contributed by atoms with E-state index in [2.05, 4.69) is 13.0 Å². The summed E-state index contributed by atoms with van der Waals surface area (Å²) in [6.07, 6.45) is 9.64. The topological polar surface area (TPSA) is 44.5 Å². The zero-order chi connectivity index (χ0) is 15.1. The maximum atomic E-state index is 6.35. The van der Waals surface area contributed by atoms with Crippen LogP contribution < -0.4 is 15.2 Å². The molecule has 2 rings (SSSR count). The van der Waals surface area contributed by atoms with E-state index in [9.17, 15) is 0 Å². The van der Waals surface area contributed by atoms with Gasteiger partial charge < -0.3 is 15.2 Å². The van der Waals surface area contributed by atoms with E-state index in [1.807, 2.05) is 12.1 Å². The first kappa shape index (κ1) is 16.2. The lowest BCUT2D eigenvalue weighted by atomic mass is 10.0. The molecule has 0 spiro atoms. The molecule has 1 aromatic rings. The Morgan fingerprint density at radius 2 is 1.90 bits per heavy atom. The number of hydrogen-bond acceptors (Lipinski definition) is 3. The van der Waals surface area contributed by atoms with Crippen LogP contribution in [0.15, 0.2) is 18.2 Å². The largest absolute Gasteiger partial charge is 0.493 e. The minimum absolute atomic E-state index is 0.175. The highest BCUT2D eigenvalue weighted by atomic mass is 16.5. The van der Waals surface area contributed by atoms with Gasteiger partial charge in [-0.1, -0.05) is 31.9 Å². The lowest BCUT2D eigenvalue weighted by Crippen LogP contribution is -2.23. The van der Waals surface area contributed by atoms with Crippen molar-refractivity contribution in [3.05, 3.63) is 23.8 Å². The Morgan fingerprint density at radius 3 is 2.52 bits per heavy atom. The average Bonchev–Trinajstić information content (AvgIpc) is 2.77. The van der Waals surface area contributed by atoms with Crippen LogP contribution >= 0.6 is 0 Å². The molecule has 0 aliphatic heterocycles. The second kappa shape index (κ2) is 8.28. The van der Waals surface area contributed by atoms with Gasteiger partial charge in [0, 0.05) is 6.04 Å². The molecular weight excluding hydrogens is 262 g/mol. The summed E-state index contributed by atoms with van der Waals surface area (Å²) in [5.74, 6) is 1.75. The van der Waals surface area contributed by atoms with Crippen LogP contribution in [0.5, 0.6) is 11.5 Å². The molecule has 1 aliphatic rings. The SMILES string of the molecule is CCC(N)Cc1cccc(OC)c1OC1CCCCCC1. The summed E-state index contributed by atoms with van der Waals surface area (Å²) in [5, 5.41) is 0. The van der Waals surface area contributed by atoms with Crippen molar-refractivity contribution >= 4 is 0 Å². The maximum absolute atomic E-state index is 6.35. The van der Waals surface area contributed by atoms with Crippen LogP contribution in [0.2, 0.25) is 0 Å². The van der Waals surface area contributed by atoms with E-state index in [-0.39, 0.29) is 6.04 Å². The summed E-state index contributed by atoms with van der Waals surface area (Å²) >= 11 is 0. The monoisotopic (exact) mass is 291 g/mol. The third-order valence-corrected chi connectivity index (χ3v) is 4.37. The van der Waals surface area contributed by atoms with Crippen molar-refractivity contribution in [2.24, 2.45) is 5.73 Å². The summed E-state index contributed by atoms with van der Waals surface area (Å²) in [5.41, 5.74) is 7.30. The molecule has 2 N–H and O–H groups in total. The van der Waals surface area contributed by atoms with Crippen LogP contribution in [-0.2, 0) is 6.42 Å². The fourth-order valence-electron chi connectivity index (χ4n) is 2.97. The van der Waals surface area contributed by atoms with E-state index in [1.54, 1.807) is 7.11 Å². The number of rotatable bonds is 6. The Morgan fingerprint density at radius 1 is 1.19 bits per heavy atom. The molecule has 0 saturated heterocycles. The summed E-state index contributed by atoms with van der Waals surface area (Å²) in [6, 6.07) is 6.29. The number of benzene rings is 1. The molecule has 1 saturated carbocycles. The third kappa shape index (κ3) is 4.63. The summed E-state index contributed by atoms with van der Waals surface area (Å²) in [7, 11) is 1.71. The third-order valence-electron chi connectivity index (χ3n) is 4.37. The molecule has 0 bridgehead atoms. The fourth-order valence-corrected chi connectivity index (χ4v) is 2.97. The van der Waals surface area contributed by atoms with E-state index in [0.717, 1.165) is 37.2 Å². The van der Waals surface area contributed by atoms with Crippen LogP contribution in [0.25, 0.3) is 0 Å². The highest BCUT2D eigenvalue weighted by Gasteiger charge is 2.19. The van der Waals surface area contributed by atoms with Gasteiger partial charge in [0.25, 0.3) is 0 Å². The fraction of sp³-hybridized carbons (Fsp3) is 0.667. The van der Waals surface area contributed by atoms with Gasteiger partial charge in [-0.05, 0) is 50.2 Å². The average molecular weight is 291 g/mol. The zero-order valence-corrected chi connectivity index (χ0v) is 13.4. The molecule has 118 valence electrons. The standard InChI is InChI=1S/C18H29NO2/c1-3-15(19)13-14-9-8-12-17(20-2)18(14)21-16-10-6-4-5-7-11-16/h8-9,12,15-16H,3-7,10-11,13,19H2,1-2H3. The van der Waals surface area contributed by atoms with E-state index in [4.69, 9.17) is 15.2 Å². The van der Waals surface area contributed by atoms with Gasteiger partial charge in [-0.15, -0.1) is 0 Å². The Kier molecular flexibility index (Phi) is 6.37. The smallest absolute Gasteiger partial charge is 0.164 e. The van der Waals surface area contributed by atoms with Gasteiger partial charge in [0.1, 0.15) is 0 Å². The van der Waals surface area contributed by atoms with Gasteiger partial charge in [0.2, 0.25) is 0 Å². The molecule has 1 unspecified atom stereocenters. The van der Waals surface area contributed by atoms with Gasteiger partial charge in [0.15, 0.2) is 11.5 Å². The van der Waals surface area contributed by atoms with Crippen molar-refractivity contribution in [2.75, 3.05) is 7.11 Å². The quantitative estimate of drug-likeness (QED) is 0.803. The minimum Gasteiger partial charge on any atom is -0.493 e. The van der Waals surface area contributed by atoms with Gasteiger partial charge in [0.05, 0.1) is 13.2 Å². The number of hydrogen-bond donors (Lipinski definition) is 1. The van der Waals surface area contributed by atoms with Crippen molar-refractivity contribution < 1.29 is 9.47 Å². The molecule has 0 amide bonds. The first-order chi connectivity index (χ1) is 10.2. The van der Waals surface area contributed by atoms with Crippen LogP contribution in [0.3, 0.4) is 0 Å². The van der Waals surface area contributed by atoms with E-state index < -0.39 is 0 Å². The Bertz CT molecular complexity index is 425. The molecule has 1 aromatic carbocycles. The van der Waals surface area contributed by atoms with Crippen LogP contribution in [-0.4, -0.2) is 19.3 Å². The summed E-state index contributed by atoms with van der Waals surface area (Å²) in [4.78, 5) is 0. The Hall–Kier alpha value is -1.22. The number of methoxy groups -OCH3 is 1. The summed E-state index contributed by atoms with van der Waals surface area (Å²) < 4.78 is 11.9. The highest BCUT2D eigenvalue weighted by molar-refractivity contribution is 5.47. The molecule has 3 heteroatoms. The maximum Gasteiger partial charge on any atom is 0.164 e. The van der Waals surface area contributed by atoms with Crippen molar-refractivity contribution in [1.29, 1.82) is 0 Å². The van der Waals surface area contributed by atoms with Gasteiger partial charge in [-0.25, -0.2) is 0 Å². The molecule has 0 heterocycles. The lowest BCUT2D eigenvalue weighted by Gasteiger charge is -2.22. The Balaban J connectivity index is 2.17. The molecule has 3 nitrogen and oxygen atoms in total. The van der Waals surface area contributed by atoms with E-state index >= 15 is 0 Å². The van der Waals surface area contributed by atoms with Crippen LogP contribution in [0, 0.1) is 0 Å². The lowest BCUT2D eigenvalue weighted by molar-refractivity contribution is 0.174. The first-order valence-electron chi connectivity index (χ1n) is 8.32. The van der Waals surface area contributed by atoms with E-state index in [0.29, 0.717) is 6.10 Å². The van der Waals surface area contributed by atoms with Crippen molar-refractivity contribution in [3.8, 4) is 11.5 Å². The molecular formula is C18H29NO2. The molecule has 0 radical (unpaired) electrons. The zero-order valence-electron chi connectivity index (χ0n) is 13.4. The Labute approximate surface area is 128 Å². The predicted octanol–water partition coefficient (Wildman–Crippen LogP) is 4.08. The van der Waals surface area contributed by atoms with Gasteiger partial charge in [-0.3, -0.25) is 0 Å². The summed E-state index contributed by atoms with van der Waals surface area (Å²) in [6.45, 7) is 2.12. The van der Waals surface area contributed by atoms with E-state index in [1.165, 1.54) is 31.2 Å². The normalized spacial score (nSPS) is 18.0. The van der Waals surface area contributed by atoms with Crippen molar-refractivity contribution in [1.82, 2.24) is 0 Å². The van der Waals surface area contributed by atoms with Gasteiger partial charge in [-0.2, -0.15) is 0 Å². The van der Waals surface area contributed by atoms with Crippen molar-refractivity contribution in [2.45, 2.75) is 70.4 Å². The molecule has 0 aromatic heterocycles. The second-order valence-corrected chi connectivity index (χ2v) is 6.05.